The third kappa shape index (κ3) is 5.50. The second kappa shape index (κ2) is 7.51. The lowest BCUT2D eigenvalue weighted by atomic mass is 10.0. The summed E-state index contributed by atoms with van der Waals surface area (Å²) in [5.74, 6) is -1.68. The van der Waals surface area contributed by atoms with Crippen LogP contribution in [0.4, 0.5) is 4.39 Å². The molecule has 1 rings (SSSR count). The van der Waals surface area contributed by atoms with Gasteiger partial charge in [0.1, 0.15) is 5.82 Å². The van der Waals surface area contributed by atoms with Gasteiger partial charge < -0.3 is 10.4 Å². The van der Waals surface area contributed by atoms with E-state index in [-0.39, 0.29) is 24.7 Å². The number of hydrogen-bond donors (Lipinski definition) is 2. The second-order valence-corrected chi connectivity index (χ2v) is 4.44. The van der Waals surface area contributed by atoms with Gasteiger partial charge in [0, 0.05) is 13.0 Å². The Morgan fingerprint density at radius 3 is 2.63 bits per heavy atom. The van der Waals surface area contributed by atoms with E-state index >= 15 is 0 Å². The van der Waals surface area contributed by atoms with Crippen LogP contribution in [0.3, 0.4) is 0 Å². The van der Waals surface area contributed by atoms with Crippen LogP contribution in [0, 0.1) is 11.7 Å². The number of carboxylic acid groups (broad SMARTS) is 1. The van der Waals surface area contributed by atoms with Crippen molar-refractivity contribution in [3.8, 4) is 0 Å². The summed E-state index contributed by atoms with van der Waals surface area (Å²) in [5.41, 5.74) is 0.339. The van der Waals surface area contributed by atoms with Crippen LogP contribution in [0.1, 0.15) is 25.3 Å². The van der Waals surface area contributed by atoms with Crippen molar-refractivity contribution < 1.29 is 19.1 Å². The quantitative estimate of drug-likeness (QED) is 0.794. The van der Waals surface area contributed by atoms with Crippen LogP contribution in [-0.2, 0) is 16.0 Å². The van der Waals surface area contributed by atoms with Crippen molar-refractivity contribution in [2.75, 3.05) is 6.54 Å². The molecule has 5 heteroatoms. The minimum Gasteiger partial charge on any atom is -0.481 e. The number of aliphatic carboxylic acids is 1. The summed E-state index contributed by atoms with van der Waals surface area (Å²) >= 11 is 0. The number of hydrogen-bond acceptors (Lipinski definition) is 2. The zero-order chi connectivity index (χ0) is 14.3. The number of halogens is 1. The zero-order valence-electron chi connectivity index (χ0n) is 10.9. The maximum Gasteiger partial charge on any atom is 0.303 e. The molecule has 0 saturated carbocycles. The highest BCUT2D eigenvalue weighted by atomic mass is 19.1. The van der Waals surface area contributed by atoms with Crippen LogP contribution < -0.4 is 5.32 Å². The van der Waals surface area contributed by atoms with Gasteiger partial charge >= 0.3 is 5.97 Å². The average molecular weight is 267 g/mol. The van der Waals surface area contributed by atoms with Gasteiger partial charge in [0.05, 0.1) is 6.42 Å². The lowest BCUT2D eigenvalue weighted by molar-refractivity contribution is -0.138. The molecule has 1 aromatic carbocycles. The van der Waals surface area contributed by atoms with Crippen LogP contribution in [0.15, 0.2) is 24.3 Å². The summed E-state index contributed by atoms with van der Waals surface area (Å²) in [6.45, 7) is 2.17. The fourth-order valence-electron chi connectivity index (χ4n) is 1.74. The number of carbonyl (C=O) groups is 2. The maximum atomic E-state index is 13.3. The predicted molar refractivity (Wildman–Crippen MR) is 69.1 cm³/mol. The van der Waals surface area contributed by atoms with Gasteiger partial charge in [-0.25, -0.2) is 4.39 Å². The number of benzene rings is 1. The van der Waals surface area contributed by atoms with Gasteiger partial charge in [-0.1, -0.05) is 31.5 Å². The van der Waals surface area contributed by atoms with Crippen LogP contribution in [0.2, 0.25) is 0 Å². The Morgan fingerprint density at radius 2 is 2.05 bits per heavy atom. The van der Waals surface area contributed by atoms with Crippen LogP contribution in [-0.4, -0.2) is 23.5 Å². The van der Waals surface area contributed by atoms with Crippen molar-refractivity contribution in [1.82, 2.24) is 5.32 Å². The first-order valence-electron chi connectivity index (χ1n) is 6.24. The Kier molecular flexibility index (Phi) is 5.99. The average Bonchev–Trinajstić information content (AvgIpc) is 2.37. The number of carbonyl (C=O) groups excluding carboxylic acids is 1. The molecule has 1 unspecified atom stereocenters. The van der Waals surface area contributed by atoms with Gasteiger partial charge in [-0.2, -0.15) is 0 Å². The van der Waals surface area contributed by atoms with Crippen molar-refractivity contribution in [2.24, 2.45) is 5.92 Å². The van der Waals surface area contributed by atoms with Crippen LogP contribution in [0.5, 0.6) is 0 Å². The Bertz CT molecular complexity index is 448. The van der Waals surface area contributed by atoms with E-state index in [0.29, 0.717) is 18.5 Å². The molecule has 1 aromatic rings. The predicted octanol–water partition coefficient (Wildman–Crippen LogP) is 1.99. The molecule has 1 amide bonds. The third-order valence-corrected chi connectivity index (χ3v) is 2.94. The summed E-state index contributed by atoms with van der Waals surface area (Å²) < 4.78 is 13.3. The molecule has 0 aliphatic carbocycles. The van der Waals surface area contributed by atoms with E-state index in [1.54, 1.807) is 18.2 Å². The first-order valence-corrected chi connectivity index (χ1v) is 6.24. The highest BCUT2D eigenvalue weighted by molar-refractivity contribution is 5.78. The van der Waals surface area contributed by atoms with Gasteiger partial charge in [-0.05, 0) is 17.5 Å². The highest BCUT2D eigenvalue weighted by Gasteiger charge is 2.13. The Hall–Kier alpha value is -1.91. The molecule has 19 heavy (non-hydrogen) atoms. The Labute approximate surface area is 111 Å². The molecule has 104 valence electrons. The lowest BCUT2D eigenvalue weighted by Crippen LogP contribution is -2.31. The van der Waals surface area contributed by atoms with E-state index in [2.05, 4.69) is 5.32 Å². The first kappa shape index (κ1) is 15.1. The largest absolute Gasteiger partial charge is 0.481 e. The van der Waals surface area contributed by atoms with Crippen molar-refractivity contribution in [3.63, 3.8) is 0 Å². The van der Waals surface area contributed by atoms with Crippen molar-refractivity contribution in [1.29, 1.82) is 0 Å². The molecule has 0 saturated heterocycles. The van der Waals surface area contributed by atoms with Crippen LogP contribution >= 0.6 is 0 Å². The molecule has 1 atom stereocenters. The number of carboxylic acids is 1. The second-order valence-electron chi connectivity index (χ2n) is 4.44. The minimum atomic E-state index is -0.879. The van der Waals surface area contributed by atoms with E-state index in [1.807, 2.05) is 6.92 Å². The van der Waals surface area contributed by atoms with Gasteiger partial charge in [0.15, 0.2) is 0 Å². The molecule has 0 spiro atoms. The summed E-state index contributed by atoms with van der Waals surface area (Å²) in [4.78, 5) is 22.2. The SMILES string of the molecule is CCC(CNC(=O)Cc1ccccc1F)CC(=O)O. The Morgan fingerprint density at radius 1 is 1.37 bits per heavy atom. The van der Waals surface area contributed by atoms with Gasteiger partial charge in [-0.3, -0.25) is 9.59 Å². The van der Waals surface area contributed by atoms with Gasteiger partial charge in [-0.15, -0.1) is 0 Å². The molecule has 0 aliphatic heterocycles. The van der Waals surface area contributed by atoms with E-state index in [9.17, 15) is 14.0 Å². The fourth-order valence-corrected chi connectivity index (χ4v) is 1.74. The first-order chi connectivity index (χ1) is 9.02. The van der Waals surface area contributed by atoms with E-state index in [0.717, 1.165) is 0 Å². The summed E-state index contributed by atoms with van der Waals surface area (Å²) in [5, 5.41) is 11.3. The summed E-state index contributed by atoms with van der Waals surface area (Å²) in [6.07, 6.45) is 0.666. The molecule has 0 bridgehead atoms. The van der Waals surface area contributed by atoms with E-state index in [4.69, 9.17) is 5.11 Å². The topological polar surface area (TPSA) is 66.4 Å². The Balaban J connectivity index is 2.43. The molecule has 4 nitrogen and oxygen atoms in total. The molecule has 0 fully saturated rings. The molecular weight excluding hydrogens is 249 g/mol. The van der Waals surface area contributed by atoms with E-state index in [1.165, 1.54) is 6.07 Å². The van der Waals surface area contributed by atoms with Crippen LogP contribution in [0.25, 0.3) is 0 Å². The number of amides is 1. The molecule has 0 radical (unpaired) electrons. The number of nitrogens with one attached hydrogen (secondary N) is 1. The zero-order valence-corrected chi connectivity index (χ0v) is 10.9. The summed E-state index contributed by atoms with van der Waals surface area (Å²) in [7, 11) is 0. The van der Waals surface area contributed by atoms with E-state index < -0.39 is 11.8 Å². The minimum absolute atomic E-state index is 0.0243. The smallest absolute Gasteiger partial charge is 0.303 e. The number of rotatable bonds is 7. The maximum absolute atomic E-state index is 13.3. The third-order valence-electron chi connectivity index (χ3n) is 2.94. The van der Waals surface area contributed by atoms with Crippen molar-refractivity contribution in [2.45, 2.75) is 26.2 Å². The molecule has 2 N–H and O–H groups in total. The summed E-state index contributed by atoms with van der Waals surface area (Å²) in [6, 6.07) is 6.10. The lowest BCUT2D eigenvalue weighted by Gasteiger charge is -2.13. The van der Waals surface area contributed by atoms with Gasteiger partial charge in [0.25, 0.3) is 0 Å². The van der Waals surface area contributed by atoms with Crippen molar-refractivity contribution in [3.05, 3.63) is 35.6 Å². The molecule has 0 heterocycles. The molecule has 0 aliphatic rings. The monoisotopic (exact) mass is 267 g/mol. The standard InChI is InChI=1S/C14H18FNO3/c1-2-10(7-14(18)19)9-16-13(17)8-11-5-3-4-6-12(11)15/h3-6,10H,2,7-9H2,1H3,(H,16,17)(H,18,19). The van der Waals surface area contributed by atoms with Gasteiger partial charge in [0.2, 0.25) is 5.91 Å². The highest BCUT2D eigenvalue weighted by Crippen LogP contribution is 2.08. The normalized spacial score (nSPS) is 11.9. The molecular formula is C14H18FNO3. The molecule has 0 aromatic heterocycles. The fraction of sp³-hybridized carbons (Fsp3) is 0.429. The van der Waals surface area contributed by atoms with Crippen molar-refractivity contribution >= 4 is 11.9 Å².